The van der Waals surface area contributed by atoms with Crippen LogP contribution in [0.3, 0.4) is 0 Å². The molecule has 2 aromatic rings. The topological polar surface area (TPSA) is 60.4 Å². The second-order valence-corrected chi connectivity index (χ2v) is 4.40. The number of benzene rings is 1. The highest BCUT2D eigenvalue weighted by molar-refractivity contribution is 5.61. The van der Waals surface area contributed by atoms with Crippen molar-refractivity contribution < 1.29 is 9.15 Å². The van der Waals surface area contributed by atoms with Crippen molar-refractivity contribution in [3.63, 3.8) is 0 Å². The number of nitrogens with two attached hydrogens (primary N) is 1. The van der Waals surface area contributed by atoms with Crippen molar-refractivity contribution in [1.29, 1.82) is 0 Å². The van der Waals surface area contributed by atoms with Crippen LogP contribution in [0.5, 0.6) is 5.75 Å². The first kappa shape index (κ1) is 12.4. The van der Waals surface area contributed by atoms with E-state index in [1.165, 1.54) is 0 Å². The van der Waals surface area contributed by atoms with Gasteiger partial charge in [-0.3, -0.25) is 0 Å². The van der Waals surface area contributed by atoms with Gasteiger partial charge in [-0.1, -0.05) is 0 Å². The Hall–Kier alpha value is -2.10. The van der Waals surface area contributed by atoms with Gasteiger partial charge in [0.1, 0.15) is 5.75 Å². The number of furan rings is 1. The van der Waals surface area contributed by atoms with Gasteiger partial charge in [0, 0.05) is 23.9 Å². The smallest absolute Gasteiger partial charge is 0.144 e. The molecule has 1 aromatic carbocycles. The van der Waals surface area contributed by atoms with Crippen LogP contribution in [-0.4, -0.2) is 6.10 Å². The Morgan fingerprint density at radius 2 is 2.17 bits per heavy atom. The quantitative estimate of drug-likeness (QED) is 0.795. The summed E-state index contributed by atoms with van der Waals surface area (Å²) in [4.78, 5) is 0. The molecular weight excluding hydrogens is 228 g/mol. The highest BCUT2D eigenvalue weighted by Crippen LogP contribution is 2.26. The lowest BCUT2D eigenvalue weighted by atomic mass is 10.2. The fraction of sp³-hybridized carbons (Fsp3) is 0.286. The Morgan fingerprint density at radius 3 is 2.83 bits per heavy atom. The van der Waals surface area contributed by atoms with Gasteiger partial charge in [0.05, 0.1) is 24.3 Å². The fourth-order valence-corrected chi connectivity index (χ4v) is 1.60. The number of anilines is 2. The lowest BCUT2D eigenvalue weighted by Gasteiger charge is -2.14. The van der Waals surface area contributed by atoms with E-state index in [4.69, 9.17) is 14.9 Å². The highest BCUT2D eigenvalue weighted by atomic mass is 16.5. The second kappa shape index (κ2) is 5.49. The van der Waals surface area contributed by atoms with E-state index in [2.05, 4.69) is 5.32 Å². The van der Waals surface area contributed by atoms with E-state index in [0.29, 0.717) is 18.0 Å². The zero-order chi connectivity index (χ0) is 13.0. The average molecular weight is 246 g/mol. The molecule has 0 unspecified atom stereocenters. The van der Waals surface area contributed by atoms with Crippen molar-refractivity contribution in [2.24, 2.45) is 0 Å². The molecule has 2 rings (SSSR count). The monoisotopic (exact) mass is 246 g/mol. The van der Waals surface area contributed by atoms with Crippen molar-refractivity contribution in [2.45, 2.75) is 26.5 Å². The number of hydrogen-bond acceptors (Lipinski definition) is 4. The van der Waals surface area contributed by atoms with E-state index in [9.17, 15) is 0 Å². The van der Waals surface area contributed by atoms with Gasteiger partial charge in [-0.15, -0.1) is 0 Å². The molecule has 0 bridgehead atoms. The Kier molecular flexibility index (Phi) is 3.77. The van der Waals surface area contributed by atoms with Crippen molar-refractivity contribution in [3.05, 3.63) is 42.4 Å². The lowest BCUT2D eigenvalue weighted by molar-refractivity contribution is 0.244. The molecule has 0 saturated heterocycles. The molecule has 4 heteroatoms. The number of nitrogens with one attached hydrogen (secondary N) is 1. The first-order valence-electron chi connectivity index (χ1n) is 5.96. The maximum atomic E-state index is 5.86. The van der Waals surface area contributed by atoms with Crippen LogP contribution in [0.1, 0.15) is 19.4 Å². The molecule has 3 N–H and O–H groups in total. The van der Waals surface area contributed by atoms with E-state index in [1.54, 1.807) is 12.5 Å². The molecule has 0 aliphatic rings. The first-order chi connectivity index (χ1) is 8.65. The predicted molar refractivity (Wildman–Crippen MR) is 72.7 cm³/mol. The third-order valence-electron chi connectivity index (χ3n) is 2.45. The molecular formula is C14H18N2O2. The number of hydrogen-bond donors (Lipinski definition) is 2. The third kappa shape index (κ3) is 3.20. The Balaban J connectivity index is 2.04. The maximum Gasteiger partial charge on any atom is 0.144 e. The summed E-state index contributed by atoms with van der Waals surface area (Å²) in [7, 11) is 0. The van der Waals surface area contributed by atoms with E-state index in [-0.39, 0.29) is 6.10 Å². The highest BCUT2D eigenvalue weighted by Gasteiger charge is 2.04. The van der Waals surface area contributed by atoms with Crippen molar-refractivity contribution >= 4 is 11.4 Å². The van der Waals surface area contributed by atoms with Crippen LogP contribution in [0.25, 0.3) is 0 Å². The van der Waals surface area contributed by atoms with Crippen LogP contribution in [0.15, 0.2) is 41.2 Å². The Bertz CT molecular complexity index is 493. The summed E-state index contributed by atoms with van der Waals surface area (Å²) >= 11 is 0. The van der Waals surface area contributed by atoms with Gasteiger partial charge < -0.3 is 20.2 Å². The Morgan fingerprint density at radius 1 is 1.33 bits per heavy atom. The number of ether oxygens (including phenoxy) is 1. The molecule has 0 atom stereocenters. The Labute approximate surface area is 107 Å². The van der Waals surface area contributed by atoms with E-state index < -0.39 is 0 Å². The van der Waals surface area contributed by atoms with E-state index in [1.807, 2.05) is 38.1 Å². The third-order valence-corrected chi connectivity index (χ3v) is 2.45. The summed E-state index contributed by atoms with van der Waals surface area (Å²) in [6.07, 6.45) is 3.49. The molecule has 0 spiro atoms. The van der Waals surface area contributed by atoms with Crippen LogP contribution in [0.2, 0.25) is 0 Å². The zero-order valence-corrected chi connectivity index (χ0v) is 10.6. The van der Waals surface area contributed by atoms with Gasteiger partial charge in [0.25, 0.3) is 0 Å². The number of nitrogen functional groups attached to an aromatic ring is 1. The van der Waals surface area contributed by atoms with Gasteiger partial charge in [-0.05, 0) is 32.0 Å². The van der Waals surface area contributed by atoms with Crippen molar-refractivity contribution in [3.8, 4) is 5.75 Å². The van der Waals surface area contributed by atoms with Crippen molar-refractivity contribution in [2.75, 3.05) is 11.1 Å². The molecule has 18 heavy (non-hydrogen) atoms. The summed E-state index contributed by atoms with van der Waals surface area (Å²) < 4.78 is 10.7. The van der Waals surface area contributed by atoms with Gasteiger partial charge in [0.15, 0.2) is 0 Å². The molecule has 1 aromatic heterocycles. The normalized spacial score (nSPS) is 10.6. The van der Waals surface area contributed by atoms with Gasteiger partial charge >= 0.3 is 0 Å². The number of rotatable bonds is 5. The minimum Gasteiger partial charge on any atom is -0.489 e. The van der Waals surface area contributed by atoms with Gasteiger partial charge in [0.2, 0.25) is 0 Å². The maximum absolute atomic E-state index is 5.86. The molecule has 0 amide bonds. The molecule has 0 saturated carbocycles. The zero-order valence-electron chi connectivity index (χ0n) is 10.6. The van der Waals surface area contributed by atoms with Crippen LogP contribution in [0, 0.1) is 0 Å². The first-order valence-corrected chi connectivity index (χ1v) is 5.96. The fourth-order valence-electron chi connectivity index (χ4n) is 1.60. The molecule has 96 valence electrons. The van der Waals surface area contributed by atoms with Crippen LogP contribution < -0.4 is 15.8 Å². The van der Waals surface area contributed by atoms with Gasteiger partial charge in [-0.2, -0.15) is 0 Å². The van der Waals surface area contributed by atoms with Crippen LogP contribution >= 0.6 is 0 Å². The molecule has 0 aliphatic heterocycles. The minimum absolute atomic E-state index is 0.108. The van der Waals surface area contributed by atoms with E-state index >= 15 is 0 Å². The lowest BCUT2D eigenvalue weighted by Crippen LogP contribution is -2.08. The molecule has 1 heterocycles. The summed E-state index contributed by atoms with van der Waals surface area (Å²) in [5, 5.41) is 3.29. The summed E-state index contributed by atoms with van der Waals surface area (Å²) in [5.41, 5.74) is 8.58. The second-order valence-electron chi connectivity index (χ2n) is 4.40. The predicted octanol–water partition coefficient (Wildman–Crippen LogP) is 3.26. The van der Waals surface area contributed by atoms with Crippen LogP contribution in [-0.2, 0) is 6.54 Å². The summed E-state index contributed by atoms with van der Waals surface area (Å²) in [6.45, 7) is 4.66. The SMILES string of the molecule is CC(C)Oc1cc(NCc2ccoc2)ccc1N. The molecule has 4 nitrogen and oxygen atoms in total. The van der Waals surface area contributed by atoms with Crippen molar-refractivity contribution in [1.82, 2.24) is 0 Å². The molecule has 0 aliphatic carbocycles. The molecule has 0 fully saturated rings. The standard InChI is InChI=1S/C14H18N2O2/c1-10(2)18-14-7-12(3-4-13(14)15)16-8-11-5-6-17-9-11/h3-7,9-10,16H,8,15H2,1-2H3. The summed E-state index contributed by atoms with van der Waals surface area (Å²) in [5.74, 6) is 0.710. The van der Waals surface area contributed by atoms with Gasteiger partial charge in [-0.25, -0.2) is 0 Å². The van der Waals surface area contributed by atoms with E-state index in [0.717, 1.165) is 11.3 Å². The van der Waals surface area contributed by atoms with Crippen LogP contribution in [0.4, 0.5) is 11.4 Å². The largest absolute Gasteiger partial charge is 0.489 e. The minimum atomic E-state index is 0.108. The molecule has 0 radical (unpaired) electrons. The average Bonchev–Trinajstić information content (AvgIpc) is 2.82. The summed E-state index contributed by atoms with van der Waals surface area (Å²) in [6, 6.07) is 7.61.